The molecule has 0 heterocycles. The Hall–Kier alpha value is -1.24. The Morgan fingerprint density at radius 2 is 1.07 bits per heavy atom. The van der Waals surface area contributed by atoms with Gasteiger partial charge in [0, 0.05) is 13.1 Å². The standard InChI is InChI=1S/C28H49N/c1-3-5-6-7-8-9-10-11-12-13-14-15-16-17-18-22-26-29(4-2)27-25-28-23-20-19-21-24-28/h4,19-21,23-24H,2-3,5-18,22,25-27H2,1H3. The summed E-state index contributed by atoms with van der Waals surface area (Å²) in [6.07, 6.45) is 26.0. The van der Waals surface area contributed by atoms with Gasteiger partial charge in [-0.25, -0.2) is 0 Å². The lowest BCUT2D eigenvalue weighted by atomic mass is 10.0. The first-order valence-corrected chi connectivity index (χ1v) is 12.8. The summed E-state index contributed by atoms with van der Waals surface area (Å²) in [7, 11) is 0. The van der Waals surface area contributed by atoms with E-state index < -0.39 is 0 Å². The lowest BCUT2D eigenvalue weighted by Gasteiger charge is -2.19. The molecule has 1 aromatic carbocycles. The monoisotopic (exact) mass is 399 g/mol. The van der Waals surface area contributed by atoms with Crippen LogP contribution in [0.25, 0.3) is 0 Å². The first-order valence-electron chi connectivity index (χ1n) is 12.8. The second-order valence-electron chi connectivity index (χ2n) is 8.76. The summed E-state index contributed by atoms with van der Waals surface area (Å²) in [5.41, 5.74) is 1.42. The number of benzene rings is 1. The quantitative estimate of drug-likeness (QED) is 0.186. The molecule has 0 atom stereocenters. The van der Waals surface area contributed by atoms with Gasteiger partial charge in [0.2, 0.25) is 0 Å². The van der Waals surface area contributed by atoms with E-state index in [1.807, 2.05) is 6.20 Å². The van der Waals surface area contributed by atoms with Gasteiger partial charge in [-0.15, -0.1) is 0 Å². The average Bonchev–Trinajstić information content (AvgIpc) is 2.76. The van der Waals surface area contributed by atoms with Crippen LogP contribution in [0.2, 0.25) is 0 Å². The van der Waals surface area contributed by atoms with Gasteiger partial charge < -0.3 is 4.90 Å². The fraction of sp³-hybridized carbons (Fsp3) is 0.714. The molecule has 0 saturated heterocycles. The lowest BCUT2D eigenvalue weighted by molar-refractivity contribution is 0.366. The van der Waals surface area contributed by atoms with E-state index in [1.165, 1.54) is 108 Å². The largest absolute Gasteiger partial charge is 0.378 e. The van der Waals surface area contributed by atoms with Gasteiger partial charge in [-0.05, 0) is 24.6 Å². The number of unbranched alkanes of at least 4 members (excludes halogenated alkanes) is 15. The lowest BCUT2D eigenvalue weighted by Crippen LogP contribution is -2.21. The van der Waals surface area contributed by atoms with E-state index in [1.54, 1.807) is 0 Å². The van der Waals surface area contributed by atoms with Crippen molar-refractivity contribution < 1.29 is 0 Å². The van der Waals surface area contributed by atoms with E-state index in [0.29, 0.717) is 0 Å². The van der Waals surface area contributed by atoms with Gasteiger partial charge in [0.25, 0.3) is 0 Å². The molecule has 0 aliphatic heterocycles. The van der Waals surface area contributed by atoms with E-state index in [-0.39, 0.29) is 0 Å². The number of hydrogen-bond donors (Lipinski definition) is 0. The highest BCUT2D eigenvalue weighted by Crippen LogP contribution is 2.14. The maximum absolute atomic E-state index is 3.99. The fourth-order valence-electron chi connectivity index (χ4n) is 4.07. The van der Waals surface area contributed by atoms with Crippen molar-refractivity contribution in [3.05, 3.63) is 48.7 Å². The Labute approximate surface area is 183 Å². The van der Waals surface area contributed by atoms with E-state index in [9.17, 15) is 0 Å². The second-order valence-corrected chi connectivity index (χ2v) is 8.76. The molecule has 0 bridgehead atoms. The van der Waals surface area contributed by atoms with E-state index >= 15 is 0 Å². The Morgan fingerprint density at radius 3 is 1.52 bits per heavy atom. The van der Waals surface area contributed by atoms with Gasteiger partial charge in [-0.3, -0.25) is 0 Å². The number of rotatable bonds is 21. The molecule has 1 rings (SSSR count). The van der Waals surface area contributed by atoms with Crippen molar-refractivity contribution in [3.63, 3.8) is 0 Å². The van der Waals surface area contributed by atoms with Gasteiger partial charge in [0.1, 0.15) is 0 Å². The van der Waals surface area contributed by atoms with E-state index in [2.05, 4.69) is 48.7 Å². The van der Waals surface area contributed by atoms with Crippen molar-refractivity contribution in [2.45, 2.75) is 116 Å². The summed E-state index contributed by atoms with van der Waals surface area (Å²) in [5, 5.41) is 0. The van der Waals surface area contributed by atoms with Gasteiger partial charge in [-0.2, -0.15) is 0 Å². The highest BCUT2D eigenvalue weighted by atomic mass is 15.1. The molecule has 29 heavy (non-hydrogen) atoms. The summed E-state index contributed by atoms with van der Waals surface area (Å²) >= 11 is 0. The summed E-state index contributed by atoms with van der Waals surface area (Å²) in [6.45, 7) is 8.54. The molecule has 0 aliphatic rings. The Bertz CT molecular complexity index is 453. The minimum absolute atomic E-state index is 1.09. The Morgan fingerprint density at radius 1 is 0.621 bits per heavy atom. The van der Waals surface area contributed by atoms with Crippen molar-refractivity contribution in [1.82, 2.24) is 4.90 Å². The molecule has 0 aliphatic carbocycles. The summed E-state index contributed by atoms with van der Waals surface area (Å²) in [4.78, 5) is 2.39. The predicted molar refractivity (Wildman–Crippen MR) is 131 cm³/mol. The molecule has 1 aromatic rings. The molecule has 1 nitrogen and oxygen atoms in total. The van der Waals surface area contributed by atoms with Crippen molar-refractivity contribution in [2.24, 2.45) is 0 Å². The van der Waals surface area contributed by atoms with Crippen LogP contribution >= 0.6 is 0 Å². The van der Waals surface area contributed by atoms with Crippen LogP contribution in [-0.2, 0) is 6.42 Å². The van der Waals surface area contributed by atoms with Crippen LogP contribution in [-0.4, -0.2) is 18.0 Å². The SMILES string of the molecule is C=CN(CCCCCCCCCCCCCCCCCC)CCc1ccccc1. The van der Waals surface area contributed by atoms with Crippen molar-refractivity contribution in [3.8, 4) is 0 Å². The molecule has 0 spiro atoms. The van der Waals surface area contributed by atoms with Crippen LogP contribution in [0.3, 0.4) is 0 Å². The maximum Gasteiger partial charge on any atom is 0.0212 e. The zero-order valence-electron chi connectivity index (χ0n) is 19.6. The van der Waals surface area contributed by atoms with Gasteiger partial charge in [0.05, 0.1) is 0 Å². The third-order valence-electron chi connectivity index (χ3n) is 6.09. The number of nitrogens with zero attached hydrogens (tertiary/aromatic N) is 1. The zero-order valence-corrected chi connectivity index (χ0v) is 19.6. The Balaban J connectivity index is 1.81. The van der Waals surface area contributed by atoms with Crippen LogP contribution < -0.4 is 0 Å². The van der Waals surface area contributed by atoms with E-state index in [0.717, 1.165) is 19.5 Å². The van der Waals surface area contributed by atoms with Crippen LogP contribution in [0.4, 0.5) is 0 Å². The number of hydrogen-bond acceptors (Lipinski definition) is 1. The van der Waals surface area contributed by atoms with Gasteiger partial charge in [-0.1, -0.05) is 140 Å². The van der Waals surface area contributed by atoms with Crippen molar-refractivity contribution in [1.29, 1.82) is 0 Å². The van der Waals surface area contributed by atoms with Gasteiger partial charge in [0.15, 0.2) is 0 Å². The van der Waals surface area contributed by atoms with Crippen LogP contribution in [0.15, 0.2) is 43.1 Å². The second kappa shape index (κ2) is 20.0. The first-order chi connectivity index (χ1) is 14.4. The molecule has 0 fully saturated rings. The molecule has 0 N–H and O–H groups in total. The van der Waals surface area contributed by atoms with Crippen molar-refractivity contribution in [2.75, 3.05) is 13.1 Å². The third kappa shape index (κ3) is 16.3. The third-order valence-corrected chi connectivity index (χ3v) is 6.09. The normalized spacial score (nSPS) is 10.9. The Kier molecular flexibility index (Phi) is 17.8. The maximum atomic E-state index is 3.99. The smallest absolute Gasteiger partial charge is 0.0212 e. The molecule has 0 amide bonds. The zero-order chi connectivity index (χ0) is 20.8. The van der Waals surface area contributed by atoms with Crippen LogP contribution in [0.5, 0.6) is 0 Å². The minimum atomic E-state index is 1.09. The minimum Gasteiger partial charge on any atom is -0.378 e. The van der Waals surface area contributed by atoms with E-state index in [4.69, 9.17) is 0 Å². The van der Waals surface area contributed by atoms with Gasteiger partial charge >= 0.3 is 0 Å². The predicted octanol–water partition coefficient (Wildman–Crippen LogP) is 8.94. The first kappa shape index (κ1) is 25.8. The van der Waals surface area contributed by atoms with Crippen LogP contribution in [0, 0.1) is 0 Å². The molecule has 0 aromatic heterocycles. The topological polar surface area (TPSA) is 3.24 Å². The van der Waals surface area contributed by atoms with Crippen LogP contribution in [0.1, 0.15) is 115 Å². The molecule has 166 valence electrons. The summed E-state index contributed by atoms with van der Waals surface area (Å²) in [6, 6.07) is 10.8. The molecule has 1 heteroatoms. The fourth-order valence-corrected chi connectivity index (χ4v) is 4.07. The highest BCUT2D eigenvalue weighted by molar-refractivity contribution is 5.14. The average molecular weight is 400 g/mol. The summed E-state index contributed by atoms with van der Waals surface area (Å²) < 4.78 is 0. The molecule has 0 unspecified atom stereocenters. The summed E-state index contributed by atoms with van der Waals surface area (Å²) in [5.74, 6) is 0. The van der Waals surface area contributed by atoms with Crippen molar-refractivity contribution >= 4 is 0 Å². The molecular weight excluding hydrogens is 350 g/mol. The molecule has 0 saturated carbocycles. The highest BCUT2D eigenvalue weighted by Gasteiger charge is 2.00. The molecular formula is C28H49N. The molecule has 0 radical (unpaired) electrons.